The van der Waals surface area contributed by atoms with E-state index in [1.165, 1.54) is 0 Å². The summed E-state index contributed by atoms with van der Waals surface area (Å²) in [6.07, 6.45) is 2.35. The van der Waals surface area contributed by atoms with E-state index in [4.69, 9.17) is 10.5 Å². The van der Waals surface area contributed by atoms with Crippen LogP contribution in [0.4, 0.5) is 0 Å². The van der Waals surface area contributed by atoms with E-state index in [0.29, 0.717) is 19.3 Å². The van der Waals surface area contributed by atoms with Crippen molar-refractivity contribution in [1.29, 1.82) is 0 Å². The number of benzene rings is 1. The predicted octanol–water partition coefficient (Wildman–Crippen LogP) is 2.73. The van der Waals surface area contributed by atoms with Gasteiger partial charge in [0.2, 0.25) is 5.91 Å². The van der Waals surface area contributed by atoms with Gasteiger partial charge in [-0.15, -0.1) is 0 Å². The average Bonchev–Trinajstić information content (AvgIpc) is 2.52. The third kappa shape index (κ3) is 7.48. The minimum Gasteiger partial charge on any atom is -0.444 e. The highest BCUT2D eigenvalue weighted by atomic mass is 32.2. The molecule has 0 aliphatic carbocycles. The van der Waals surface area contributed by atoms with Crippen molar-refractivity contribution in [3.63, 3.8) is 0 Å². The van der Waals surface area contributed by atoms with Crippen molar-refractivity contribution in [1.82, 2.24) is 5.32 Å². The lowest BCUT2D eigenvalue weighted by Gasteiger charge is -2.33. The van der Waals surface area contributed by atoms with Crippen LogP contribution < -0.4 is 11.1 Å². The molecule has 1 rings (SSSR count). The number of hydrogen-bond donors (Lipinski definition) is 2. The predicted molar refractivity (Wildman–Crippen MR) is 103 cm³/mol. The van der Waals surface area contributed by atoms with Crippen LogP contribution in [0.15, 0.2) is 30.3 Å². The maximum Gasteiger partial charge on any atom is 0.295 e. The fourth-order valence-corrected chi connectivity index (χ4v) is 2.85. The van der Waals surface area contributed by atoms with Crippen molar-refractivity contribution in [2.75, 3.05) is 6.26 Å². The Morgan fingerprint density at radius 3 is 2.36 bits per heavy atom. The molecular formula is C19H30N2O3S. The average molecular weight is 367 g/mol. The van der Waals surface area contributed by atoms with Crippen molar-refractivity contribution in [3.8, 4) is 0 Å². The molecule has 1 amide bonds. The summed E-state index contributed by atoms with van der Waals surface area (Å²) >= 11 is 1.65. The zero-order valence-corrected chi connectivity index (χ0v) is 16.6. The molecule has 0 aromatic heterocycles. The Labute approximate surface area is 155 Å². The Bertz CT molecular complexity index is 556. The Morgan fingerprint density at radius 2 is 1.88 bits per heavy atom. The molecule has 0 aliphatic rings. The van der Waals surface area contributed by atoms with Crippen molar-refractivity contribution < 1.29 is 14.3 Å². The van der Waals surface area contributed by atoms with E-state index >= 15 is 0 Å². The molecule has 6 heteroatoms. The number of rotatable bonds is 10. The zero-order valence-electron chi connectivity index (χ0n) is 15.7. The smallest absolute Gasteiger partial charge is 0.295 e. The van der Waals surface area contributed by atoms with Crippen molar-refractivity contribution >= 4 is 24.1 Å². The standard InChI is InChI=1S/C19H30N2O3S/c1-18(2,25-5)12-16(24-13-22)21-17(23)15(19(3,4)20)11-14-9-7-6-8-10-14/h6-10,13,15-16H,11-12,20H2,1-5H3,(H,21,23)/t15-,16+/m0/s1. The number of ether oxygens (including phenoxy) is 1. The molecule has 0 unspecified atom stereocenters. The largest absolute Gasteiger partial charge is 0.444 e. The van der Waals surface area contributed by atoms with Gasteiger partial charge < -0.3 is 15.8 Å². The van der Waals surface area contributed by atoms with E-state index in [2.05, 4.69) is 5.32 Å². The Morgan fingerprint density at radius 1 is 1.28 bits per heavy atom. The van der Waals surface area contributed by atoms with Crippen molar-refractivity contribution in [2.45, 2.75) is 57.1 Å². The lowest BCUT2D eigenvalue weighted by Crippen LogP contribution is -2.53. The number of amides is 1. The highest BCUT2D eigenvalue weighted by Gasteiger charge is 2.34. The minimum absolute atomic E-state index is 0.131. The lowest BCUT2D eigenvalue weighted by molar-refractivity contribution is -0.140. The number of nitrogens with one attached hydrogen (secondary N) is 1. The molecule has 0 heterocycles. The summed E-state index contributed by atoms with van der Waals surface area (Å²) in [7, 11) is 0. The first-order valence-electron chi connectivity index (χ1n) is 8.36. The summed E-state index contributed by atoms with van der Waals surface area (Å²) in [5.74, 6) is -0.648. The third-order valence-electron chi connectivity index (χ3n) is 4.25. The molecule has 0 saturated carbocycles. The number of carbonyl (C=O) groups excluding carboxylic acids is 2. The van der Waals surface area contributed by atoms with E-state index in [0.717, 1.165) is 5.56 Å². The van der Waals surface area contributed by atoms with E-state index in [-0.39, 0.29) is 10.7 Å². The van der Waals surface area contributed by atoms with Gasteiger partial charge in [0.1, 0.15) is 0 Å². The normalized spacial score (nSPS) is 14.5. The summed E-state index contributed by atoms with van der Waals surface area (Å²) in [6.45, 7) is 8.13. The van der Waals surface area contributed by atoms with Crippen molar-refractivity contribution in [2.24, 2.45) is 11.7 Å². The molecule has 0 radical (unpaired) electrons. The maximum atomic E-state index is 12.9. The van der Waals surface area contributed by atoms with E-state index in [1.807, 2.05) is 64.3 Å². The molecule has 1 aromatic rings. The van der Waals surface area contributed by atoms with Crippen LogP contribution in [0.5, 0.6) is 0 Å². The third-order valence-corrected chi connectivity index (χ3v) is 5.52. The molecule has 0 spiro atoms. The molecule has 5 nitrogen and oxygen atoms in total. The first-order valence-corrected chi connectivity index (χ1v) is 9.59. The van der Waals surface area contributed by atoms with Gasteiger partial charge in [-0.3, -0.25) is 9.59 Å². The second-order valence-corrected chi connectivity index (χ2v) is 8.97. The number of thioether (sulfide) groups is 1. The fraction of sp³-hybridized carbons (Fsp3) is 0.579. The minimum atomic E-state index is -0.708. The summed E-state index contributed by atoms with van der Waals surface area (Å²) in [5.41, 5.74) is 6.59. The summed E-state index contributed by atoms with van der Waals surface area (Å²) in [5, 5.41) is 2.85. The van der Waals surface area contributed by atoms with Gasteiger partial charge in [-0.2, -0.15) is 11.8 Å². The van der Waals surface area contributed by atoms with Gasteiger partial charge >= 0.3 is 0 Å². The van der Waals surface area contributed by atoms with Gasteiger partial charge in [-0.25, -0.2) is 0 Å². The van der Waals surface area contributed by atoms with Crippen LogP contribution in [0, 0.1) is 5.92 Å². The molecule has 0 bridgehead atoms. The highest BCUT2D eigenvalue weighted by Crippen LogP contribution is 2.27. The summed E-state index contributed by atoms with van der Waals surface area (Å²) in [6, 6.07) is 9.76. The topological polar surface area (TPSA) is 81.4 Å². The molecule has 0 fully saturated rings. The SMILES string of the molecule is CSC(C)(C)C[C@H](NC(=O)[C@H](Cc1ccccc1)C(C)(C)N)OC=O. The lowest BCUT2D eigenvalue weighted by atomic mass is 9.82. The van der Waals surface area contributed by atoms with Gasteiger partial charge in [-0.1, -0.05) is 44.2 Å². The Balaban J connectivity index is 2.90. The second kappa shape index (κ2) is 9.25. The molecular weight excluding hydrogens is 336 g/mol. The van der Waals surface area contributed by atoms with Crippen LogP contribution in [0.3, 0.4) is 0 Å². The quantitative estimate of drug-likeness (QED) is 0.491. The van der Waals surface area contributed by atoms with Crippen LogP contribution in [-0.2, 0) is 20.7 Å². The molecule has 3 N–H and O–H groups in total. The van der Waals surface area contributed by atoms with Gasteiger partial charge in [0.15, 0.2) is 6.23 Å². The van der Waals surface area contributed by atoms with Gasteiger partial charge in [-0.05, 0) is 32.1 Å². The second-order valence-electron chi connectivity index (χ2n) is 7.46. The first-order chi connectivity index (χ1) is 11.6. The Kier molecular flexibility index (Phi) is 7.96. The number of carbonyl (C=O) groups is 2. The van der Waals surface area contributed by atoms with Crippen LogP contribution in [0.1, 0.15) is 39.7 Å². The van der Waals surface area contributed by atoms with Crippen LogP contribution >= 0.6 is 11.8 Å². The van der Waals surface area contributed by atoms with E-state index < -0.39 is 17.7 Å². The summed E-state index contributed by atoms with van der Waals surface area (Å²) < 4.78 is 4.97. The van der Waals surface area contributed by atoms with Gasteiger partial charge in [0, 0.05) is 16.7 Å². The van der Waals surface area contributed by atoms with Crippen LogP contribution in [-0.4, -0.2) is 35.1 Å². The number of hydrogen-bond acceptors (Lipinski definition) is 5. The first kappa shape index (κ1) is 21.5. The molecule has 25 heavy (non-hydrogen) atoms. The van der Waals surface area contributed by atoms with Crippen molar-refractivity contribution in [3.05, 3.63) is 35.9 Å². The zero-order chi connectivity index (χ0) is 19.1. The monoisotopic (exact) mass is 366 g/mol. The van der Waals surface area contributed by atoms with Gasteiger partial charge in [0.25, 0.3) is 6.47 Å². The molecule has 0 saturated heterocycles. The summed E-state index contributed by atoms with van der Waals surface area (Å²) in [4.78, 5) is 23.7. The van der Waals surface area contributed by atoms with E-state index in [1.54, 1.807) is 11.8 Å². The maximum absolute atomic E-state index is 12.9. The van der Waals surface area contributed by atoms with Crippen LogP contribution in [0.25, 0.3) is 0 Å². The fourth-order valence-electron chi connectivity index (χ4n) is 2.53. The highest BCUT2D eigenvalue weighted by molar-refractivity contribution is 7.99. The molecule has 2 atom stereocenters. The van der Waals surface area contributed by atoms with E-state index in [9.17, 15) is 9.59 Å². The Hall–Kier alpha value is -1.53. The molecule has 140 valence electrons. The number of nitrogens with two attached hydrogens (primary N) is 1. The van der Waals surface area contributed by atoms with Gasteiger partial charge in [0.05, 0.1) is 5.92 Å². The van der Waals surface area contributed by atoms with Crippen LogP contribution in [0.2, 0.25) is 0 Å². The molecule has 1 aromatic carbocycles. The molecule has 0 aliphatic heterocycles.